The summed E-state index contributed by atoms with van der Waals surface area (Å²) < 4.78 is 7.62. The molecular weight excluding hydrogens is 446 g/mol. The maximum Gasteiger partial charge on any atom is 0.253 e. The Morgan fingerprint density at radius 3 is 2.68 bits per heavy atom. The van der Waals surface area contributed by atoms with E-state index in [1.807, 2.05) is 70.1 Å². The van der Waals surface area contributed by atoms with Crippen LogP contribution in [0.25, 0.3) is 17.1 Å². The molecule has 2 aromatic heterocycles. The minimum Gasteiger partial charge on any atom is -0.495 e. The molecule has 1 fully saturated rings. The fourth-order valence-electron chi connectivity index (χ4n) is 4.12. The smallest absolute Gasteiger partial charge is 0.253 e. The molecule has 5 rings (SSSR count). The summed E-state index contributed by atoms with van der Waals surface area (Å²) in [5.74, 6) is 2.19. The summed E-state index contributed by atoms with van der Waals surface area (Å²) in [6, 6.07) is 19.5. The number of rotatable bonds is 7. The molecular formula is C26H25N5O2S. The first kappa shape index (κ1) is 22.2. The third-order valence-corrected chi connectivity index (χ3v) is 6.81. The first-order valence-electron chi connectivity index (χ1n) is 11.2. The molecule has 1 amide bonds. The van der Waals surface area contributed by atoms with Gasteiger partial charge in [-0.15, -0.1) is 10.2 Å². The molecule has 3 heterocycles. The molecule has 0 N–H and O–H groups in total. The summed E-state index contributed by atoms with van der Waals surface area (Å²) in [4.78, 5) is 19.0. The van der Waals surface area contributed by atoms with Crippen molar-refractivity contribution in [3.05, 3.63) is 84.2 Å². The van der Waals surface area contributed by atoms with Gasteiger partial charge in [0.15, 0.2) is 11.0 Å². The molecule has 0 radical (unpaired) electrons. The Balaban J connectivity index is 1.45. The van der Waals surface area contributed by atoms with Gasteiger partial charge in [-0.1, -0.05) is 36.0 Å². The van der Waals surface area contributed by atoms with Crippen LogP contribution in [-0.4, -0.2) is 50.8 Å². The topological polar surface area (TPSA) is 73.1 Å². The number of hydrogen-bond donors (Lipinski definition) is 0. The lowest BCUT2D eigenvalue weighted by Crippen LogP contribution is -2.27. The molecule has 0 unspecified atom stereocenters. The minimum atomic E-state index is 0.111. The average Bonchev–Trinajstić information content (AvgIpc) is 3.58. The van der Waals surface area contributed by atoms with Crippen LogP contribution >= 0.6 is 11.8 Å². The van der Waals surface area contributed by atoms with Crippen molar-refractivity contribution in [1.29, 1.82) is 0 Å². The molecule has 172 valence electrons. The number of hydrogen-bond acceptors (Lipinski definition) is 6. The maximum absolute atomic E-state index is 12.8. The van der Waals surface area contributed by atoms with Crippen molar-refractivity contribution in [2.75, 3.05) is 20.2 Å². The number of ether oxygens (including phenoxy) is 1. The Bertz CT molecular complexity index is 1290. The van der Waals surface area contributed by atoms with Crippen molar-refractivity contribution in [2.45, 2.75) is 23.8 Å². The highest BCUT2D eigenvalue weighted by molar-refractivity contribution is 7.98. The van der Waals surface area contributed by atoms with Crippen molar-refractivity contribution in [1.82, 2.24) is 24.6 Å². The van der Waals surface area contributed by atoms with Crippen molar-refractivity contribution in [3.63, 3.8) is 0 Å². The number of thioether (sulfide) groups is 1. The van der Waals surface area contributed by atoms with Crippen LogP contribution in [0, 0.1) is 0 Å². The second-order valence-corrected chi connectivity index (χ2v) is 8.99. The molecule has 1 saturated heterocycles. The van der Waals surface area contributed by atoms with E-state index in [2.05, 4.69) is 15.2 Å². The SMILES string of the molecule is COc1ccccc1-n1c(SCc2cccc(C(=O)N3CCCC3)c2)nnc1-c1cccnc1. The van der Waals surface area contributed by atoms with Gasteiger partial charge >= 0.3 is 0 Å². The number of pyridine rings is 1. The van der Waals surface area contributed by atoms with Gasteiger partial charge in [0.1, 0.15) is 5.75 Å². The van der Waals surface area contributed by atoms with Crippen LogP contribution in [0.1, 0.15) is 28.8 Å². The molecule has 0 atom stereocenters. The molecule has 0 spiro atoms. The summed E-state index contributed by atoms with van der Waals surface area (Å²) in [7, 11) is 1.66. The van der Waals surface area contributed by atoms with E-state index in [9.17, 15) is 4.79 Å². The van der Waals surface area contributed by atoms with Crippen molar-refractivity contribution in [3.8, 4) is 22.8 Å². The Labute approximate surface area is 202 Å². The molecule has 0 aliphatic carbocycles. The lowest BCUT2D eigenvalue weighted by molar-refractivity contribution is 0.0792. The maximum atomic E-state index is 12.8. The zero-order valence-corrected chi connectivity index (χ0v) is 19.7. The zero-order valence-electron chi connectivity index (χ0n) is 18.9. The Kier molecular flexibility index (Phi) is 6.58. The van der Waals surface area contributed by atoms with Gasteiger partial charge in [-0.2, -0.15) is 0 Å². The van der Waals surface area contributed by atoms with Gasteiger partial charge in [0.2, 0.25) is 0 Å². The molecule has 0 bridgehead atoms. The van der Waals surface area contributed by atoms with Gasteiger partial charge < -0.3 is 9.64 Å². The number of carbonyl (C=O) groups excluding carboxylic acids is 1. The highest BCUT2D eigenvalue weighted by Crippen LogP contribution is 2.33. The molecule has 0 saturated carbocycles. The van der Waals surface area contributed by atoms with E-state index in [-0.39, 0.29) is 5.91 Å². The Morgan fingerprint density at radius 2 is 1.88 bits per heavy atom. The molecule has 8 heteroatoms. The van der Waals surface area contributed by atoms with Crippen LogP contribution in [0.3, 0.4) is 0 Å². The normalized spacial score (nSPS) is 13.3. The zero-order chi connectivity index (χ0) is 23.3. The molecule has 7 nitrogen and oxygen atoms in total. The predicted molar refractivity (Wildman–Crippen MR) is 132 cm³/mol. The van der Waals surface area contributed by atoms with E-state index in [1.54, 1.807) is 31.3 Å². The highest BCUT2D eigenvalue weighted by Gasteiger charge is 2.21. The van der Waals surface area contributed by atoms with Crippen LogP contribution in [0.2, 0.25) is 0 Å². The van der Waals surface area contributed by atoms with E-state index in [0.717, 1.165) is 59.2 Å². The average molecular weight is 472 g/mol. The number of likely N-dealkylation sites (tertiary alicyclic amines) is 1. The van der Waals surface area contributed by atoms with Crippen LogP contribution < -0.4 is 4.74 Å². The van der Waals surface area contributed by atoms with E-state index < -0.39 is 0 Å². The van der Waals surface area contributed by atoms with Crippen molar-refractivity contribution in [2.24, 2.45) is 0 Å². The molecule has 34 heavy (non-hydrogen) atoms. The van der Waals surface area contributed by atoms with Gasteiger partial charge in [0.05, 0.1) is 12.8 Å². The van der Waals surface area contributed by atoms with Gasteiger partial charge in [-0.05, 0) is 54.8 Å². The Hall–Kier alpha value is -3.65. The summed E-state index contributed by atoms with van der Waals surface area (Å²) in [6.07, 6.45) is 5.68. The lowest BCUT2D eigenvalue weighted by Gasteiger charge is -2.16. The predicted octanol–water partition coefficient (Wildman–Crippen LogP) is 4.87. The number of benzene rings is 2. The first-order chi connectivity index (χ1) is 16.7. The molecule has 2 aromatic carbocycles. The third kappa shape index (κ3) is 4.54. The number of carbonyl (C=O) groups is 1. The summed E-state index contributed by atoms with van der Waals surface area (Å²) in [5.41, 5.74) is 3.52. The van der Waals surface area contributed by atoms with Gasteiger partial charge in [0.25, 0.3) is 5.91 Å². The monoisotopic (exact) mass is 471 g/mol. The largest absolute Gasteiger partial charge is 0.495 e. The third-order valence-electron chi connectivity index (χ3n) is 5.81. The van der Waals surface area contributed by atoms with Crippen LogP contribution in [0.15, 0.2) is 78.2 Å². The van der Waals surface area contributed by atoms with Crippen molar-refractivity contribution >= 4 is 17.7 Å². The molecule has 1 aliphatic heterocycles. The van der Waals surface area contributed by atoms with Crippen LogP contribution in [-0.2, 0) is 5.75 Å². The molecule has 4 aromatic rings. The summed E-state index contributed by atoms with van der Waals surface area (Å²) in [5, 5.41) is 9.72. The number of para-hydroxylation sites is 2. The quantitative estimate of drug-likeness (QED) is 0.358. The number of nitrogens with zero attached hydrogens (tertiary/aromatic N) is 5. The number of amides is 1. The second-order valence-electron chi connectivity index (χ2n) is 8.04. The van der Waals surface area contributed by atoms with E-state index in [4.69, 9.17) is 4.74 Å². The van der Waals surface area contributed by atoms with E-state index >= 15 is 0 Å². The summed E-state index contributed by atoms with van der Waals surface area (Å²) in [6.45, 7) is 1.69. The number of methoxy groups -OCH3 is 1. The fourth-order valence-corrected chi connectivity index (χ4v) is 5.01. The Morgan fingerprint density at radius 1 is 1.03 bits per heavy atom. The first-order valence-corrected chi connectivity index (χ1v) is 12.2. The molecule has 1 aliphatic rings. The second kappa shape index (κ2) is 10.1. The van der Waals surface area contributed by atoms with Crippen molar-refractivity contribution < 1.29 is 9.53 Å². The standard InChI is InChI=1S/C26H25N5O2S/c1-33-23-12-3-2-11-22(23)31-24(21-10-7-13-27-17-21)28-29-26(31)34-18-19-8-6-9-20(16-19)25(32)30-14-4-5-15-30/h2-3,6-13,16-17H,4-5,14-15,18H2,1H3. The number of aromatic nitrogens is 4. The van der Waals surface area contributed by atoms with Gasteiger partial charge in [-0.3, -0.25) is 14.3 Å². The summed E-state index contributed by atoms with van der Waals surface area (Å²) >= 11 is 1.57. The van der Waals surface area contributed by atoms with E-state index in [0.29, 0.717) is 11.6 Å². The van der Waals surface area contributed by atoms with Crippen LogP contribution in [0.4, 0.5) is 0 Å². The van der Waals surface area contributed by atoms with Crippen LogP contribution in [0.5, 0.6) is 5.75 Å². The van der Waals surface area contributed by atoms with Gasteiger partial charge in [0, 0.05) is 42.4 Å². The van der Waals surface area contributed by atoms with Gasteiger partial charge in [-0.25, -0.2) is 0 Å². The highest BCUT2D eigenvalue weighted by atomic mass is 32.2. The minimum absolute atomic E-state index is 0.111. The lowest BCUT2D eigenvalue weighted by atomic mass is 10.1. The fraction of sp³-hybridized carbons (Fsp3) is 0.231. The van der Waals surface area contributed by atoms with E-state index in [1.165, 1.54) is 0 Å².